The molecule has 1 aromatic carbocycles. The highest BCUT2D eigenvalue weighted by atomic mass is 35.5. The van der Waals surface area contributed by atoms with Crippen molar-refractivity contribution in [2.45, 2.75) is 32.6 Å². The second kappa shape index (κ2) is 9.32. The predicted molar refractivity (Wildman–Crippen MR) is 83.0 cm³/mol. The topological polar surface area (TPSA) is 21.3 Å². The van der Waals surface area contributed by atoms with Crippen LogP contribution in [0.25, 0.3) is 0 Å². The summed E-state index contributed by atoms with van der Waals surface area (Å²) in [6.45, 7) is 6.48. The van der Waals surface area contributed by atoms with Crippen molar-refractivity contribution in [3.63, 3.8) is 0 Å². The zero-order chi connectivity index (χ0) is 15.0. The highest BCUT2D eigenvalue weighted by molar-refractivity contribution is 6.30. The first-order valence-corrected chi connectivity index (χ1v) is 7.66. The van der Waals surface area contributed by atoms with E-state index >= 15 is 0 Å². The number of methoxy groups -OCH3 is 1. The van der Waals surface area contributed by atoms with E-state index in [4.69, 9.17) is 16.3 Å². The molecule has 0 radical (unpaired) electrons. The van der Waals surface area contributed by atoms with Crippen LogP contribution in [0.2, 0.25) is 5.02 Å². The molecule has 0 fully saturated rings. The van der Waals surface area contributed by atoms with Crippen LogP contribution in [0.3, 0.4) is 0 Å². The van der Waals surface area contributed by atoms with E-state index in [2.05, 4.69) is 19.2 Å². The Kier molecular flexibility index (Phi) is 8.12. The Morgan fingerprint density at radius 3 is 2.60 bits per heavy atom. The molecular weight excluding hydrogens is 277 g/mol. The molecule has 1 rings (SSSR count). The lowest BCUT2D eigenvalue weighted by Crippen LogP contribution is -2.29. The molecule has 0 aliphatic heterocycles. The maximum atomic E-state index is 14.3. The predicted octanol–water partition coefficient (Wildman–Crippen LogP) is 4.23. The SMILES string of the molecule is CCC(CC)C(CNCCOC)c1cccc(Cl)c1F. The molecule has 114 valence electrons. The van der Waals surface area contributed by atoms with Crippen molar-refractivity contribution in [1.82, 2.24) is 5.32 Å². The average Bonchev–Trinajstić information content (AvgIpc) is 2.46. The maximum absolute atomic E-state index is 14.3. The minimum atomic E-state index is -0.278. The van der Waals surface area contributed by atoms with Gasteiger partial charge in [0, 0.05) is 26.1 Å². The van der Waals surface area contributed by atoms with Crippen LogP contribution in [0.4, 0.5) is 4.39 Å². The summed E-state index contributed by atoms with van der Waals surface area (Å²) in [5.74, 6) is 0.304. The molecule has 0 bridgehead atoms. The van der Waals surface area contributed by atoms with E-state index in [0.717, 1.165) is 31.5 Å². The smallest absolute Gasteiger partial charge is 0.145 e. The molecule has 1 atom stereocenters. The number of rotatable bonds is 9. The Labute approximate surface area is 126 Å². The van der Waals surface area contributed by atoms with Crippen LogP contribution in [0, 0.1) is 11.7 Å². The quantitative estimate of drug-likeness (QED) is 0.689. The van der Waals surface area contributed by atoms with Gasteiger partial charge in [0.05, 0.1) is 11.6 Å². The van der Waals surface area contributed by atoms with E-state index in [1.54, 1.807) is 13.2 Å². The van der Waals surface area contributed by atoms with Crippen molar-refractivity contribution in [1.29, 1.82) is 0 Å². The third-order valence-corrected chi connectivity index (χ3v) is 4.14. The van der Waals surface area contributed by atoms with Crippen LogP contribution in [-0.4, -0.2) is 26.8 Å². The van der Waals surface area contributed by atoms with Crippen molar-refractivity contribution >= 4 is 11.6 Å². The highest BCUT2D eigenvalue weighted by Gasteiger charge is 2.23. The van der Waals surface area contributed by atoms with Crippen LogP contribution in [-0.2, 0) is 4.74 Å². The molecule has 20 heavy (non-hydrogen) atoms. The van der Waals surface area contributed by atoms with Gasteiger partial charge in [0.15, 0.2) is 0 Å². The van der Waals surface area contributed by atoms with Gasteiger partial charge in [0.2, 0.25) is 0 Å². The lowest BCUT2D eigenvalue weighted by molar-refractivity contribution is 0.197. The Morgan fingerprint density at radius 1 is 1.30 bits per heavy atom. The number of hydrogen-bond acceptors (Lipinski definition) is 2. The zero-order valence-electron chi connectivity index (χ0n) is 12.6. The lowest BCUT2D eigenvalue weighted by atomic mass is 9.82. The molecule has 0 spiro atoms. The fraction of sp³-hybridized carbons (Fsp3) is 0.625. The molecule has 0 aliphatic rings. The number of nitrogens with one attached hydrogen (secondary N) is 1. The molecule has 0 saturated heterocycles. The molecule has 0 aliphatic carbocycles. The molecule has 2 nitrogen and oxygen atoms in total. The summed E-state index contributed by atoms with van der Waals surface area (Å²) in [5, 5.41) is 3.55. The minimum Gasteiger partial charge on any atom is -0.383 e. The summed E-state index contributed by atoms with van der Waals surface area (Å²) in [4.78, 5) is 0. The third kappa shape index (κ3) is 4.72. The Hall–Kier alpha value is -0.640. The van der Waals surface area contributed by atoms with Crippen molar-refractivity contribution in [3.05, 3.63) is 34.6 Å². The van der Waals surface area contributed by atoms with Crippen molar-refractivity contribution < 1.29 is 9.13 Å². The Morgan fingerprint density at radius 2 is 2.00 bits per heavy atom. The fourth-order valence-electron chi connectivity index (χ4n) is 2.63. The highest BCUT2D eigenvalue weighted by Crippen LogP contribution is 2.33. The van der Waals surface area contributed by atoms with E-state index in [-0.39, 0.29) is 16.8 Å². The summed E-state index contributed by atoms with van der Waals surface area (Å²) in [6, 6.07) is 5.27. The molecule has 0 aromatic heterocycles. The van der Waals surface area contributed by atoms with Gasteiger partial charge in [-0.1, -0.05) is 50.4 Å². The van der Waals surface area contributed by atoms with Crippen LogP contribution >= 0.6 is 11.6 Å². The maximum Gasteiger partial charge on any atom is 0.145 e. The summed E-state index contributed by atoms with van der Waals surface area (Å²) in [6.07, 6.45) is 2.05. The molecule has 0 heterocycles. The van der Waals surface area contributed by atoms with Gasteiger partial charge < -0.3 is 10.1 Å². The molecule has 1 aromatic rings. The number of halogens is 2. The van der Waals surface area contributed by atoms with Crippen molar-refractivity contribution in [2.75, 3.05) is 26.8 Å². The van der Waals surface area contributed by atoms with Gasteiger partial charge >= 0.3 is 0 Å². The molecule has 0 amide bonds. The van der Waals surface area contributed by atoms with Gasteiger partial charge in [-0.05, 0) is 17.5 Å². The Balaban J connectivity index is 2.88. The van der Waals surface area contributed by atoms with E-state index in [9.17, 15) is 4.39 Å². The second-order valence-corrected chi connectivity index (χ2v) is 5.43. The van der Waals surface area contributed by atoms with Gasteiger partial charge in [-0.25, -0.2) is 4.39 Å². The van der Waals surface area contributed by atoms with Crippen molar-refractivity contribution in [2.24, 2.45) is 5.92 Å². The standard InChI is InChI=1S/C16H25ClFNO/c1-4-12(5-2)14(11-19-9-10-20-3)13-7-6-8-15(17)16(13)18/h6-8,12,14,19H,4-5,9-11H2,1-3H3. The number of ether oxygens (including phenoxy) is 1. The first-order chi connectivity index (χ1) is 9.65. The van der Waals surface area contributed by atoms with Gasteiger partial charge in [-0.2, -0.15) is 0 Å². The van der Waals surface area contributed by atoms with Crippen molar-refractivity contribution in [3.8, 4) is 0 Å². The normalized spacial score (nSPS) is 12.9. The second-order valence-electron chi connectivity index (χ2n) is 5.02. The van der Waals surface area contributed by atoms with Crippen LogP contribution in [0.5, 0.6) is 0 Å². The van der Waals surface area contributed by atoms with Crippen LogP contribution in [0.1, 0.15) is 38.2 Å². The summed E-state index contributed by atoms with van der Waals surface area (Å²) >= 11 is 5.92. The largest absolute Gasteiger partial charge is 0.383 e. The zero-order valence-corrected chi connectivity index (χ0v) is 13.3. The monoisotopic (exact) mass is 301 g/mol. The average molecular weight is 302 g/mol. The molecule has 0 saturated carbocycles. The van der Waals surface area contributed by atoms with E-state index in [1.807, 2.05) is 12.1 Å². The van der Waals surface area contributed by atoms with E-state index in [0.29, 0.717) is 12.5 Å². The van der Waals surface area contributed by atoms with Gasteiger partial charge in [0.25, 0.3) is 0 Å². The van der Waals surface area contributed by atoms with Crippen LogP contribution in [0.15, 0.2) is 18.2 Å². The molecule has 1 N–H and O–H groups in total. The number of hydrogen-bond donors (Lipinski definition) is 1. The third-order valence-electron chi connectivity index (χ3n) is 3.85. The van der Waals surface area contributed by atoms with Gasteiger partial charge in [-0.15, -0.1) is 0 Å². The first kappa shape index (κ1) is 17.4. The van der Waals surface area contributed by atoms with E-state index < -0.39 is 0 Å². The fourth-order valence-corrected chi connectivity index (χ4v) is 2.81. The molecular formula is C16H25ClFNO. The van der Waals surface area contributed by atoms with Crippen LogP contribution < -0.4 is 5.32 Å². The van der Waals surface area contributed by atoms with Gasteiger partial charge in [-0.3, -0.25) is 0 Å². The lowest BCUT2D eigenvalue weighted by Gasteiger charge is -2.27. The summed E-state index contributed by atoms with van der Waals surface area (Å²) < 4.78 is 19.3. The molecule has 4 heteroatoms. The van der Waals surface area contributed by atoms with Gasteiger partial charge in [0.1, 0.15) is 5.82 Å². The first-order valence-electron chi connectivity index (χ1n) is 7.29. The molecule has 1 unspecified atom stereocenters. The Bertz CT molecular complexity index is 396. The summed E-state index contributed by atoms with van der Waals surface area (Å²) in [7, 11) is 1.68. The minimum absolute atomic E-state index is 0.139. The number of benzene rings is 1. The summed E-state index contributed by atoms with van der Waals surface area (Å²) in [5.41, 5.74) is 0.719. The van der Waals surface area contributed by atoms with E-state index in [1.165, 1.54) is 0 Å².